The number of hydrogen-bond acceptors (Lipinski definition) is 4. The van der Waals surface area contributed by atoms with Crippen molar-refractivity contribution in [3.63, 3.8) is 0 Å². The van der Waals surface area contributed by atoms with E-state index in [0.29, 0.717) is 0 Å². The first-order chi connectivity index (χ1) is 8.22. The highest BCUT2D eigenvalue weighted by Crippen LogP contribution is 2.21. The summed E-state index contributed by atoms with van der Waals surface area (Å²) in [5.74, 6) is 0.907. The normalized spacial score (nSPS) is 10.7. The van der Waals surface area contributed by atoms with Crippen LogP contribution in [-0.4, -0.2) is 26.3 Å². The second-order valence-corrected chi connectivity index (χ2v) is 3.92. The maximum Gasteiger partial charge on any atom is 0.148 e. The van der Waals surface area contributed by atoms with Gasteiger partial charge in [0.2, 0.25) is 0 Å². The van der Waals surface area contributed by atoms with Crippen LogP contribution in [0, 0.1) is 6.92 Å². The largest absolute Gasteiger partial charge is 0.394 e. The van der Waals surface area contributed by atoms with Crippen molar-refractivity contribution in [2.75, 3.05) is 17.6 Å². The van der Waals surface area contributed by atoms with Crippen LogP contribution >= 0.6 is 0 Å². The number of anilines is 2. The van der Waals surface area contributed by atoms with Crippen LogP contribution in [0.25, 0.3) is 0 Å². The molecule has 17 heavy (non-hydrogen) atoms. The van der Waals surface area contributed by atoms with E-state index < -0.39 is 0 Å². The highest BCUT2D eigenvalue weighted by molar-refractivity contribution is 5.64. The van der Waals surface area contributed by atoms with E-state index in [1.54, 1.807) is 6.33 Å². The first kappa shape index (κ1) is 11.5. The molecule has 0 fully saturated rings. The SMILES string of the molecule is CCn1nc(C)c(N)c1NCCc1cnc[nH]1. The zero-order chi connectivity index (χ0) is 12.3. The van der Waals surface area contributed by atoms with Crippen LogP contribution < -0.4 is 11.1 Å². The zero-order valence-electron chi connectivity index (χ0n) is 10.2. The first-order valence-electron chi connectivity index (χ1n) is 5.76. The van der Waals surface area contributed by atoms with Crippen molar-refractivity contribution in [2.45, 2.75) is 26.8 Å². The lowest BCUT2D eigenvalue weighted by Crippen LogP contribution is -2.11. The Bertz CT molecular complexity index is 470. The van der Waals surface area contributed by atoms with Crippen LogP contribution in [0.2, 0.25) is 0 Å². The summed E-state index contributed by atoms with van der Waals surface area (Å²) < 4.78 is 1.89. The van der Waals surface area contributed by atoms with Crippen molar-refractivity contribution in [3.05, 3.63) is 23.9 Å². The van der Waals surface area contributed by atoms with Gasteiger partial charge in [-0.25, -0.2) is 9.67 Å². The second kappa shape index (κ2) is 4.90. The van der Waals surface area contributed by atoms with E-state index in [2.05, 4.69) is 20.4 Å². The van der Waals surface area contributed by atoms with Gasteiger partial charge in [0.15, 0.2) is 0 Å². The Morgan fingerprint density at radius 1 is 1.53 bits per heavy atom. The average molecular weight is 234 g/mol. The number of H-pyrrole nitrogens is 1. The fraction of sp³-hybridized carbons (Fsp3) is 0.455. The van der Waals surface area contributed by atoms with Crippen LogP contribution in [0.3, 0.4) is 0 Å². The quantitative estimate of drug-likeness (QED) is 0.725. The third kappa shape index (κ3) is 2.41. The molecule has 0 saturated carbocycles. The van der Waals surface area contributed by atoms with Crippen molar-refractivity contribution < 1.29 is 0 Å². The number of imidazole rings is 1. The molecule has 0 aliphatic rings. The lowest BCUT2D eigenvalue weighted by atomic mass is 10.3. The molecule has 2 heterocycles. The van der Waals surface area contributed by atoms with E-state index in [0.717, 1.165) is 42.4 Å². The second-order valence-electron chi connectivity index (χ2n) is 3.92. The molecule has 0 bridgehead atoms. The van der Waals surface area contributed by atoms with Gasteiger partial charge in [0.1, 0.15) is 5.82 Å². The van der Waals surface area contributed by atoms with Gasteiger partial charge in [0.25, 0.3) is 0 Å². The van der Waals surface area contributed by atoms with E-state index >= 15 is 0 Å². The minimum Gasteiger partial charge on any atom is -0.394 e. The Kier molecular flexibility index (Phi) is 3.32. The van der Waals surface area contributed by atoms with Crippen molar-refractivity contribution in [1.82, 2.24) is 19.7 Å². The third-order valence-electron chi connectivity index (χ3n) is 2.71. The average Bonchev–Trinajstić information content (AvgIpc) is 2.92. The van der Waals surface area contributed by atoms with E-state index in [4.69, 9.17) is 5.73 Å². The minimum absolute atomic E-state index is 0.733. The van der Waals surface area contributed by atoms with Gasteiger partial charge in [0.05, 0.1) is 17.7 Å². The molecule has 6 nitrogen and oxygen atoms in total. The fourth-order valence-electron chi connectivity index (χ4n) is 1.75. The summed E-state index contributed by atoms with van der Waals surface area (Å²) in [7, 11) is 0. The van der Waals surface area contributed by atoms with Gasteiger partial charge in [-0.05, 0) is 13.8 Å². The summed E-state index contributed by atoms with van der Waals surface area (Å²) in [6, 6.07) is 0. The molecule has 0 atom stereocenters. The summed E-state index contributed by atoms with van der Waals surface area (Å²) in [6.45, 7) is 5.58. The maximum absolute atomic E-state index is 5.97. The summed E-state index contributed by atoms with van der Waals surface area (Å²) in [5, 5.41) is 7.67. The fourth-order valence-corrected chi connectivity index (χ4v) is 1.75. The van der Waals surface area contributed by atoms with E-state index in [1.165, 1.54) is 0 Å². The lowest BCUT2D eigenvalue weighted by molar-refractivity contribution is 0.657. The Morgan fingerprint density at radius 2 is 2.35 bits per heavy atom. The Hall–Kier alpha value is -1.98. The first-order valence-corrected chi connectivity index (χ1v) is 5.76. The van der Waals surface area contributed by atoms with Gasteiger partial charge >= 0.3 is 0 Å². The standard InChI is InChI=1S/C11H18N6/c1-3-17-11(10(12)8(2)16-17)14-5-4-9-6-13-7-15-9/h6-7,14H,3-5,12H2,1-2H3,(H,13,15). The Balaban J connectivity index is 1.98. The van der Waals surface area contributed by atoms with Crippen LogP contribution in [-0.2, 0) is 13.0 Å². The smallest absolute Gasteiger partial charge is 0.148 e. The summed E-state index contributed by atoms with van der Waals surface area (Å²) in [4.78, 5) is 7.04. The molecule has 6 heteroatoms. The number of hydrogen-bond donors (Lipinski definition) is 3. The molecular weight excluding hydrogens is 216 g/mol. The molecule has 0 radical (unpaired) electrons. The van der Waals surface area contributed by atoms with Gasteiger partial charge in [0, 0.05) is 31.4 Å². The van der Waals surface area contributed by atoms with Crippen LogP contribution in [0.4, 0.5) is 11.5 Å². The molecule has 0 aliphatic carbocycles. The van der Waals surface area contributed by atoms with E-state index in [9.17, 15) is 0 Å². The molecule has 0 aliphatic heterocycles. The van der Waals surface area contributed by atoms with Crippen molar-refractivity contribution in [2.24, 2.45) is 0 Å². The summed E-state index contributed by atoms with van der Waals surface area (Å²) >= 11 is 0. The topological polar surface area (TPSA) is 84.6 Å². The van der Waals surface area contributed by atoms with Crippen LogP contribution in [0.5, 0.6) is 0 Å². The monoisotopic (exact) mass is 234 g/mol. The molecule has 2 aromatic rings. The number of aromatic nitrogens is 4. The van der Waals surface area contributed by atoms with Gasteiger partial charge in [-0.3, -0.25) is 0 Å². The predicted octanol–water partition coefficient (Wildman–Crippen LogP) is 1.17. The van der Waals surface area contributed by atoms with Gasteiger partial charge < -0.3 is 16.0 Å². The number of nitrogens with one attached hydrogen (secondary N) is 2. The van der Waals surface area contributed by atoms with Crippen molar-refractivity contribution in [3.8, 4) is 0 Å². The third-order valence-corrected chi connectivity index (χ3v) is 2.71. The van der Waals surface area contributed by atoms with Crippen LogP contribution in [0.1, 0.15) is 18.3 Å². The zero-order valence-corrected chi connectivity index (χ0v) is 10.2. The molecule has 2 rings (SSSR count). The molecule has 0 aromatic carbocycles. The molecule has 0 amide bonds. The predicted molar refractivity (Wildman–Crippen MR) is 67.8 cm³/mol. The highest BCUT2D eigenvalue weighted by Gasteiger charge is 2.10. The molecule has 2 aromatic heterocycles. The van der Waals surface area contributed by atoms with Gasteiger partial charge in [-0.15, -0.1) is 0 Å². The minimum atomic E-state index is 0.733. The number of aryl methyl sites for hydroxylation is 2. The summed E-state index contributed by atoms with van der Waals surface area (Å²) in [6.07, 6.45) is 4.39. The molecule has 0 spiro atoms. The van der Waals surface area contributed by atoms with Crippen molar-refractivity contribution in [1.29, 1.82) is 0 Å². The maximum atomic E-state index is 5.97. The van der Waals surface area contributed by atoms with E-state index in [-0.39, 0.29) is 0 Å². The molecule has 92 valence electrons. The van der Waals surface area contributed by atoms with Crippen LogP contribution in [0.15, 0.2) is 12.5 Å². The molecule has 0 saturated heterocycles. The molecular formula is C11H18N6. The van der Waals surface area contributed by atoms with Crippen molar-refractivity contribution >= 4 is 11.5 Å². The number of nitrogens with two attached hydrogens (primary N) is 1. The number of nitrogens with zero attached hydrogens (tertiary/aromatic N) is 3. The summed E-state index contributed by atoms with van der Waals surface area (Å²) in [5.41, 5.74) is 8.68. The van der Waals surface area contributed by atoms with E-state index in [1.807, 2.05) is 24.7 Å². The molecule has 4 N–H and O–H groups in total. The Morgan fingerprint density at radius 3 is 3.00 bits per heavy atom. The molecule has 0 unspecified atom stereocenters. The lowest BCUT2D eigenvalue weighted by Gasteiger charge is -2.08. The highest BCUT2D eigenvalue weighted by atomic mass is 15.3. The number of aromatic amines is 1. The Labute approximate surface area is 100 Å². The van der Waals surface area contributed by atoms with Gasteiger partial charge in [-0.2, -0.15) is 5.10 Å². The van der Waals surface area contributed by atoms with Gasteiger partial charge in [-0.1, -0.05) is 0 Å². The number of rotatable bonds is 5. The number of nitrogen functional groups attached to an aromatic ring is 1.